The summed E-state index contributed by atoms with van der Waals surface area (Å²) in [5.41, 5.74) is 3.60. The van der Waals surface area contributed by atoms with Crippen molar-refractivity contribution in [3.8, 4) is 0 Å². The highest BCUT2D eigenvalue weighted by Gasteiger charge is 2.25. The Morgan fingerprint density at radius 1 is 1.29 bits per heavy atom. The molecule has 28 heavy (non-hydrogen) atoms. The lowest BCUT2D eigenvalue weighted by molar-refractivity contribution is -0.116. The Kier molecular flexibility index (Phi) is 5.38. The van der Waals surface area contributed by atoms with Crippen molar-refractivity contribution in [2.24, 2.45) is 0 Å². The van der Waals surface area contributed by atoms with E-state index in [1.54, 1.807) is 18.3 Å². The summed E-state index contributed by atoms with van der Waals surface area (Å²) in [5, 5.41) is 8.88. The number of aromatic nitrogens is 1. The summed E-state index contributed by atoms with van der Waals surface area (Å²) >= 11 is 0. The number of hydrogen-bond donors (Lipinski definition) is 4. The molecular formula is C21H25FN4O2. The smallest absolute Gasteiger partial charge is 0.256 e. The van der Waals surface area contributed by atoms with E-state index >= 15 is 0 Å². The van der Waals surface area contributed by atoms with Gasteiger partial charge in [-0.2, -0.15) is 0 Å². The van der Waals surface area contributed by atoms with E-state index in [1.807, 2.05) is 27.7 Å². The van der Waals surface area contributed by atoms with Gasteiger partial charge in [-0.25, -0.2) is 4.39 Å². The van der Waals surface area contributed by atoms with E-state index in [4.69, 9.17) is 0 Å². The maximum absolute atomic E-state index is 13.6. The van der Waals surface area contributed by atoms with Gasteiger partial charge in [0.1, 0.15) is 5.82 Å². The van der Waals surface area contributed by atoms with Crippen molar-refractivity contribution >= 4 is 34.8 Å². The molecule has 1 aromatic heterocycles. The molecule has 0 unspecified atom stereocenters. The number of halogens is 1. The van der Waals surface area contributed by atoms with Gasteiger partial charge in [-0.1, -0.05) is 0 Å². The van der Waals surface area contributed by atoms with Crippen LogP contribution in [0.3, 0.4) is 0 Å². The normalized spacial score (nSPS) is 14.9. The number of carbonyl (C=O) groups is 2. The molecule has 1 aliphatic heterocycles. The molecule has 0 atom stereocenters. The van der Waals surface area contributed by atoms with E-state index in [0.29, 0.717) is 41.2 Å². The highest BCUT2D eigenvalue weighted by atomic mass is 19.1. The second-order valence-electron chi connectivity index (χ2n) is 7.92. The van der Waals surface area contributed by atoms with Crippen LogP contribution in [0, 0.1) is 12.7 Å². The Bertz CT molecular complexity index is 954. The van der Waals surface area contributed by atoms with Crippen molar-refractivity contribution in [3.63, 3.8) is 0 Å². The molecule has 0 fully saturated rings. The van der Waals surface area contributed by atoms with Crippen LogP contribution in [0.2, 0.25) is 0 Å². The number of hydrogen-bond acceptors (Lipinski definition) is 3. The van der Waals surface area contributed by atoms with E-state index < -0.39 is 5.82 Å². The lowest BCUT2D eigenvalue weighted by Gasteiger charge is -2.20. The minimum Gasteiger partial charge on any atom is -0.360 e. The molecule has 1 aromatic carbocycles. The SMILES string of the molecule is Cc1c(NC(=O)CCNC(C)(C)C)c[nH]c1/C=C1\C(=O)Nc2ccc(F)cc21. The zero-order valence-corrected chi connectivity index (χ0v) is 16.5. The molecule has 4 N–H and O–H groups in total. The Labute approximate surface area is 163 Å². The Morgan fingerprint density at radius 3 is 2.75 bits per heavy atom. The maximum atomic E-state index is 13.6. The third-order valence-electron chi connectivity index (χ3n) is 4.51. The van der Waals surface area contributed by atoms with Crippen molar-refractivity contribution in [1.29, 1.82) is 0 Å². The van der Waals surface area contributed by atoms with Crippen molar-refractivity contribution in [2.75, 3.05) is 17.2 Å². The second-order valence-corrected chi connectivity index (χ2v) is 7.92. The Balaban J connectivity index is 1.74. The maximum Gasteiger partial charge on any atom is 0.256 e. The van der Waals surface area contributed by atoms with Gasteiger partial charge in [0, 0.05) is 41.6 Å². The lowest BCUT2D eigenvalue weighted by atomic mass is 10.0. The molecule has 7 heteroatoms. The Morgan fingerprint density at radius 2 is 2.04 bits per heavy atom. The van der Waals surface area contributed by atoms with Crippen LogP contribution in [0.1, 0.15) is 44.0 Å². The minimum atomic E-state index is -0.402. The average molecular weight is 384 g/mol. The second kappa shape index (κ2) is 7.59. The third kappa shape index (κ3) is 4.48. The zero-order chi connectivity index (χ0) is 20.5. The van der Waals surface area contributed by atoms with E-state index in [9.17, 15) is 14.0 Å². The molecule has 0 bridgehead atoms. The number of benzene rings is 1. The van der Waals surface area contributed by atoms with Crippen molar-refractivity contribution < 1.29 is 14.0 Å². The van der Waals surface area contributed by atoms with Gasteiger partial charge in [-0.05, 0) is 57.5 Å². The summed E-state index contributed by atoms with van der Waals surface area (Å²) in [6, 6.07) is 4.19. The van der Waals surface area contributed by atoms with Gasteiger partial charge in [-0.3, -0.25) is 9.59 Å². The van der Waals surface area contributed by atoms with Gasteiger partial charge < -0.3 is 20.9 Å². The fraction of sp³-hybridized carbons (Fsp3) is 0.333. The Hall–Kier alpha value is -2.93. The topological polar surface area (TPSA) is 86.0 Å². The minimum absolute atomic E-state index is 0.0404. The van der Waals surface area contributed by atoms with Crippen molar-refractivity contribution in [2.45, 2.75) is 39.7 Å². The van der Waals surface area contributed by atoms with E-state index in [0.717, 1.165) is 5.56 Å². The van der Waals surface area contributed by atoms with Gasteiger partial charge in [0.15, 0.2) is 0 Å². The van der Waals surface area contributed by atoms with Crippen LogP contribution in [0.25, 0.3) is 11.6 Å². The standard InChI is InChI=1S/C21H25FN4O2/c1-12-17(10-15-14-9-13(22)5-6-16(14)26-20(15)28)23-11-18(12)25-19(27)7-8-24-21(2,3)4/h5-6,9-11,23-24H,7-8H2,1-4H3,(H,25,27)(H,26,28)/b15-10-. The predicted octanol–water partition coefficient (Wildman–Crippen LogP) is 3.67. The highest BCUT2D eigenvalue weighted by molar-refractivity contribution is 6.34. The lowest BCUT2D eigenvalue weighted by Crippen LogP contribution is -2.37. The number of fused-ring (bicyclic) bond motifs is 1. The number of anilines is 2. The summed E-state index contributed by atoms with van der Waals surface area (Å²) in [6.07, 6.45) is 3.72. The first-order valence-corrected chi connectivity index (χ1v) is 9.20. The molecule has 2 amide bonds. The number of rotatable bonds is 5. The first kappa shape index (κ1) is 19.8. The average Bonchev–Trinajstić information content (AvgIpc) is 3.08. The first-order chi connectivity index (χ1) is 13.1. The quantitative estimate of drug-likeness (QED) is 0.593. The summed E-state index contributed by atoms with van der Waals surface area (Å²) < 4.78 is 13.6. The summed E-state index contributed by atoms with van der Waals surface area (Å²) in [7, 11) is 0. The molecule has 6 nitrogen and oxygen atoms in total. The third-order valence-corrected chi connectivity index (χ3v) is 4.51. The number of H-pyrrole nitrogens is 1. The molecule has 148 valence electrons. The molecule has 0 radical (unpaired) electrons. The van der Waals surface area contributed by atoms with Crippen LogP contribution >= 0.6 is 0 Å². The number of aromatic amines is 1. The van der Waals surface area contributed by atoms with Crippen LogP contribution in [0.15, 0.2) is 24.4 Å². The summed E-state index contributed by atoms with van der Waals surface area (Å²) in [5.74, 6) is -0.779. The van der Waals surface area contributed by atoms with Gasteiger partial charge >= 0.3 is 0 Å². The van der Waals surface area contributed by atoms with Crippen LogP contribution in [-0.4, -0.2) is 28.9 Å². The summed E-state index contributed by atoms with van der Waals surface area (Å²) in [6.45, 7) is 8.57. The van der Waals surface area contributed by atoms with Crippen LogP contribution in [-0.2, 0) is 9.59 Å². The van der Waals surface area contributed by atoms with Crippen molar-refractivity contribution in [1.82, 2.24) is 10.3 Å². The van der Waals surface area contributed by atoms with E-state index in [1.165, 1.54) is 12.1 Å². The monoisotopic (exact) mass is 384 g/mol. The molecule has 0 spiro atoms. The summed E-state index contributed by atoms with van der Waals surface area (Å²) in [4.78, 5) is 27.5. The van der Waals surface area contributed by atoms with Crippen LogP contribution < -0.4 is 16.0 Å². The molecular weight excluding hydrogens is 359 g/mol. The van der Waals surface area contributed by atoms with E-state index in [2.05, 4.69) is 20.9 Å². The van der Waals surface area contributed by atoms with Crippen LogP contribution in [0.5, 0.6) is 0 Å². The molecule has 1 aliphatic rings. The number of carbonyl (C=O) groups excluding carboxylic acids is 2. The molecule has 2 aromatic rings. The molecule has 0 saturated carbocycles. The first-order valence-electron chi connectivity index (χ1n) is 9.20. The zero-order valence-electron chi connectivity index (χ0n) is 16.5. The highest BCUT2D eigenvalue weighted by Crippen LogP contribution is 2.34. The van der Waals surface area contributed by atoms with Gasteiger partial charge in [0.25, 0.3) is 5.91 Å². The van der Waals surface area contributed by atoms with Crippen LogP contribution in [0.4, 0.5) is 15.8 Å². The largest absolute Gasteiger partial charge is 0.360 e. The fourth-order valence-corrected chi connectivity index (χ4v) is 3.00. The molecule has 0 aliphatic carbocycles. The number of nitrogens with one attached hydrogen (secondary N) is 4. The number of amides is 2. The predicted molar refractivity (Wildman–Crippen MR) is 109 cm³/mol. The molecule has 0 saturated heterocycles. The van der Waals surface area contributed by atoms with Gasteiger partial charge in [0.2, 0.25) is 5.91 Å². The molecule has 3 rings (SSSR count). The van der Waals surface area contributed by atoms with E-state index in [-0.39, 0.29) is 17.4 Å². The fourth-order valence-electron chi connectivity index (χ4n) is 3.00. The van der Waals surface area contributed by atoms with Gasteiger partial charge in [-0.15, -0.1) is 0 Å². The molecule has 2 heterocycles. The van der Waals surface area contributed by atoms with Gasteiger partial charge in [0.05, 0.1) is 11.3 Å². The van der Waals surface area contributed by atoms with Crippen molar-refractivity contribution in [3.05, 3.63) is 47.0 Å².